The van der Waals surface area contributed by atoms with E-state index in [4.69, 9.17) is 0 Å². The molecule has 1 spiro atoms. The molecule has 9 aromatic carbocycles. The number of nitriles is 1. The number of nitrogens with zero attached hydrogens (tertiary/aromatic N) is 2. The van der Waals surface area contributed by atoms with Crippen molar-refractivity contribution in [3.8, 4) is 28.3 Å². The molecule has 9 aromatic rings. The SMILES string of the molecule is N#Cc1ccc(N(c2ccccc2)c2ccc3cc4c(cc3c2)C2(c3ccccc3-c3ccccc32)c2c-4c3ccccc3c3ccccc23)cc1. The molecule has 2 heteroatoms. The minimum Gasteiger partial charge on any atom is -0.310 e. The van der Waals surface area contributed by atoms with Gasteiger partial charge in [-0.15, -0.1) is 0 Å². The first-order valence-corrected chi connectivity index (χ1v) is 17.8. The standard InChI is InChI=1S/C50H30N2/c51-31-32-22-25-36(26-23-32)52(35-12-2-1-3-13-35)37-27-24-33-29-44-47(30-34(33)28-37)50(45-20-10-8-16-40(45)41-17-9-11-21-46(41)50)49-43-19-7-5-15-39(43)38-14-4-6-18-42(38)48(44)49/h1-30H. The fourth-order valence-electron chi connectivity index (χ4n) is 9.39. The maximum Gasteiger partial charge on any atom is 0.0991 e. The largest absolute Gasteiger partial charge is 0.310 e. The van der Waals surface area contributed by atoms with E-state index in [1.165, 1.54) is 76.8 Å². The molecule has 2 aliphatic carbocycles. The first-order valence-electron chi connectivity index (χ1n) is 17.8. The first kappa shape index (κ1) is 28.8. The summed E-state index contributed by atoms with van der Waals surface area (Å²) in [6.07, 6.45) is 0. The lowest BCUT2D eigenvalue weighted by Gasteiger charge is -2.32. The van der Waals surface area contributed by atoms with Crippen molar-refractivity contribution >= 4 is 49.4 Å². The Morgan fingerprint density at radius 2 is 0.962 bits per heavy atom. The van der Waals surface area contributed by atoms with Crippen molar-refractivity contribution in [2.24, 2.45) is 0 Å². The molecule has 2 nitrogen and oxygen atoms in total. The Bertz CT molecular complexity index is 2920. The first-order chi connectivity index (χ1) is 25.8. The Morgan fingerprint density at radius 3 is 1.65 bits per heavy atom. The van der Waals surface area contributed by atoms with Gasteiger partial charge in [0.1, 0.15) is 0 Å². The number of hydrogen-bond donors (Lipinski definition) is 0. The zero-order valence-electron chi connectivity index (χ0n) is 28.2. The minimum atomic E-state index is -0.488. The average Bonchev–Trinajstić information content (AvgIpc) is 3.68. The zero-order valence-corrected chi connectivity index (χ0v) is 28.2. The Balaban J connectivity index is 1.26. The van der Waals surface area contributed by atoms with Crippen LogP contribution in [0.3, 0.4) is 0 Å². The quantitative estimate of drug-likeness (QED) is 0.177. The number of benzene rings is 9. The maximum atomic E-state index is 9.52. The van der Waals surface area contributed by atoms with Crippen molar-refractivity contribution in [2.45, 2.75) is 5.41 Å². The molecule has 0 fully saturated rings. The molecule has 0 atom stereocenters. The van der Waals surface area contributed by atoms with Gasteiger partial charge in [0.2, 0.25) is 0 Å². The Hall–Kier alpha value is -6.95. The molecule has 240 valence electrons. The second-order valence-corrected chi connectivity index (χ2v) is 13.9. The Kier molecular flexibility index (Phi) is 5.98. The second-order valence-electron chi connectivity index (χ2n) is 13.9. The molecule has 0 saturated carbocycles. The van der Waals surface area contributed by atoms with Crippen LogP contribution in [0.4, 0.5) is 17.1 Å². The molecule has 0 aromatic heterocycles. The van der Waals surface area contributed by atoms with Crippen LogP contribution in [0.25, 0.3) is 54.6 Å². The van der Waals surface area contributed by atoms with Gasteiger partial charge in [-0.2, -0.15) is 5.26 Å². The summed E-state index contributed by atoms with van der Waals surface area (Å²) in [6.45, 7) is 0. The smallest absolute Gasteiger partial charge is 0.0991 e. The van der Waals surface area contributed by atoms with E-state index in [0.29, 0.717) is 5.56 Å². The molecular weight excluding hydrogens is 629 g/mol. The van der Waals surface area contributed by atoms with E-state index in [1.807, 2.05) is 30.3 Å². The Labute approximate surface area is 302 Å². The molecule has 0 aliphatic heterocycles. The lowest BCUT2D eigenvalue weighted by Crippen LogP contribution is -2.26. The van der Waals surface area contributed by atoms with Gasteiger partial charge in [0.25, 0.3) is 0 Å². The third kappa shape index (κ3) is 3.77. The predicted octanol–water partition coefficient (Wildman–Crippen LogP) is 12.8. The van der Waals surface area contributed by atoms with Gasteiger partial charge in [-0.3, -0.25) is 0 Å². The van der Waals surface area contributed by atoms with E-state index in [2.05, 4.69) is 163 Å². The molecule has 0 saturated heterocycles. The summed E-state index contributed by atoms with van der Waals surface area (Å²) in [5, 5.41) is 17.1. The van der Waals surface area contributed by atoms with Gasteiger partial charge in [-0.05, 0) is 137 Å². The van der Waals surface area contributed by atoms with Crippen LogP contribution in [-0.4, -0.2) is 0 Å². The highest BCUT2D eigenvalue weighted by Crippen LogP contribution is 2.65. The molecule has 2 aliphatic rings. The van der Waals surface area contributed by atoms with E-state index in [1.54, 1.807) is 0 Å². The van der Waals surface area contributed by atoms with E-state index < -0.39 is 5.41 Å². The van der Waals surface area contributed by atoms with Crippen LogP contribution < -0.4 is 4.90 Å². The van der Waals surface area contributed by atoms with Crippen LogP contribution >= 0.6 is 0 Å². The Morgan fingerprint density at radius 1 is 0.404 bits per heavy atom. The minimum absolute atomic E-state index is 0.488. The summed E-state index contributed by atoms with van der Waals surface area (Å²) < 4.78 is 0. The number of para-hydroxylation sites is 1. The summed E-state index contributed by atoms with van der Waals surface area (Å²) in [7, 11) is 0. The summed E-state index contributed by atoms with van der Waals surface area (Å²) in [5.74, 6) is 0. The molecule has 0 unspecified atom stereocenters. The monoisotopic (exact) mass is 658 g/mol. The maximum absolute atomic E-state index is 9.52. The van der Waals surface area contributed by atoms with Crippen LogP contribution in [0.5, 0.6) is 0 Å². The average molecular weight is 659 g/mol. The highest BCUT2D eigenvalue weighted by Gasteiger charge is 2.53. The topological polar surface area (TPSA) is 27.0 Å². The van der Waals surface area contributed by atoms with E-state index in [9.17, 15) is 5.26 Å². The number of hydrogen-bond acceptors (Lipinski definition) is 2. The van der Waals surface area contributed by atoms with Crippen molar-refractivity contribution in [1.82, 2.24) is 0 Å². The normalized spacial score (nSPS) is 13.1. The molecule has 0 amide bonds. The van der Waals surface area contributed by atoms with Crippen molar-refractivity contribution < 1.29 is 0 Å². The third-order valence-corrected chi connectivity index (χ3v) is 11.4. The number of rotatable bonds is 3. The van der Waals surface area contributed by atoms with E-state index >= 15 is 0 Å². The fraction of sp³-hybridized carbons (Fsp3) is 0.0200. The van der Waals surface area contributed by atoms with Crippen LogP contribution in [0.15, 0.2) is 182 Å². The predicted molar refractivity (Wildman–Crippen MR) is 215 cm³/mol. The molecule has 0 bridgehead atoms. The van der Waals surface area contributed by atoms with Gasteiger partial charge in [0, 0.05) is 17.1 Å². The van der Waals surface area contributed by atoms with Crippen molar-refractivity contribution in [1.29, 1.82) is 5.26 Å². The van der Waals surface area contributed by atoms with Gasteiger partial charge in [0.05, 0.1) is 17.0 Å². The molecule has 0 heterocycles. The van der Waals surface area contributed by atoms with Gasteiger partial charge in [-0.25, -0.2) is 0 Å². The summed E-state index contributed by atoms with van der Waals surface area (Å²) >= 11 is 0. The van der Waals surface area contributed by atoms with Gasteiger partial charge >= 0.3 is 0 Å². The zero-order chi connectivity index (χ0) is 34.4. The van der Waals surface area contributed by atoms with Gasteiger partial charge in [-0.1, -0.05) is 121 Å². The molecule has 11 rings (SSSR count). The molecule has 0 N–H and O–H groups in total. The molecular formula is C50H30N2. The van der Waals surface area contributed by atoms with E-state index in [0.717, 1.165) is 17.1 Å². The van der Waals surface area contributed by atoms with Crippen LogP contribution in [0, 0.1) is 11.3 Å². The third-order valence-electron chi connectivity index (χ3n) is 11.4. The summed E-state index contributed by atoms with van der Waals surface area (Å²) in [6, 6.07) is 68.4. The van der Waals surface area contributed by atoms with Crippen LogP contribution in [-0.2, 0) is 5.41 Å². The van der Waals surface area contributed by atoms with Crippen LogP contribution in [0.1, 0.15) is 27.8 Å². The number of fused-ring (bicyclic) bond motifs is 16. The summed E-state index contributed by atoms with van der Waals surface area (Å²) in [5.41, 5.74) is 13.9. The highest BCUT2D eigenvalue weighted by molar-refractivity contribution is 6.20. The van der Waals surface area contributed by atoms with Crippen molar-refractivity contribution in [3.05, 3.63) is 210 Å². The molecule has 52 heavy (non-hydrogen) atoms. The fourth-order valence-corrected chi connectivity index (χ4v) is 9.39. The lowest BCUT2D eigenvalue weighted by molar-refractivity contribution is 0.803. The van der Waals surface area contributed by atoms with Crippen molar-refractivity contribution in [2.75, 3.05) is 4.90 Å². The molecule has 0 radical (unpaired) electrons. The second kappa shape index (κ2) is 10.8. The van der Waals surface area contributed by atoms with Gasteiger partial charge < -0.3 is 4.90 Å². The van der Waals surface area contributed by atoms with Gasteiger partial charge in [0.15, 0.2) is 0 Å². The van der Waals surface area contributed by atoms with Crippen molar-refractivity contribution in [3.63, 3.8) is 0 Å². The summed E-state index contributed by atoms with van der Waals surface area (Å²) in [4.78, 5) is 2.28. The van der Waals surface area contributed by atoms with Crippen LogP contribution in [0.2, 0.25) is 0 Å². The number of anilines is 3. The highest BCUT2D eigenvalue weighted by atomic mass is 15.1. The lowest BCUT2D eigenvalue weighted by atomic mass is 9.69. The van der Waals surface area contributed by atoms with E-state index in [-0.39, 0.29) is 0 Å².